The molecule has 288 valence electrons. The second-order valence-electron chi connectivity index (χ2n) is 15.7. The van der Waals surface area contributed by atoms with Gasteiger partial charge in [-0.25, -0.2) is 23.6 Å². The van der Waals surface area contributed by atoms with Crippen LogP contribution < -0.4 is 5.32 Å². The molecule has 2 bridgehead atoms. The zero-order chi connectivity index (χ0) is 38.7. The minimum absolute atomic E-state index is 0.138. The van der Waals surface area contributed by atoms with Crippen molar-refractivity contribution in [2.45, 2.75) is 50.8 Å². The quantitative estimate of drug-likeness (QED) is 0.104. The lowest BCUT2D eigenvalue weighted by Gasteiger charge is -2.61. The van der Waals surface area contributed by atoms with Crippen molar-refractivity contribution in [1.82, 2.24) is 29.4 Å². The van der Waals surface area contributed by atoms with Gasteiger partial charge in [-0.3, -0.25) is 4.79 Å². The molecule has 0 spiro atoms. The summed E-state index contributed by atoms with van der Waals surface area (Å²) in [5.74, 6) is 1.68. The molecule has 0 radical (unpaired) electrons. The first-order chi connectivity index (χ1) is 28.0. The molecule has 3 aromatic carbocycles. The maximum atomic E-state index is 15.5. The van der Waals surface area contributed by atoms with Crippen LogP contribution in [0.2, 0.25) is 0 Å². The largest absolute Gasteiger partial charge is 0.466 e. The summed E-state index contributed by atoms with van der Waals surface area (Å²) in [6.07, 6.45) is 5.68. The lowest BCUT2D eigenvalue weighted by atomic mass is 9.46. The van der Waals surface area contributed by atoms with Crippen molar-refractivity contribution < 1.29 is 18.7 Å². The van der Waals surface area contributed by atoms with Gasteiger partial charge >= 0.3 is 5.97 Å². The van der Waals surface area contributed by atoms with Gasteiger partial charge in [0.15, 0.2) is 11.5 Å². The van der Waals surface area contributed by atoms with Crippen molar-refractivity contribution >= 4 is 28.3 Å². The van der Waals surface area contributed by atoms with E-state index in [1.807, 2.05) is 82.9 Å². The van der Waals surface area contributed by atoms with Crippen LogP contribution in [0.1, 0.15) is 55.0 Å². The van der Waals surface area contributed by atoms with Crippen LogP contribution in [0.4, 0.5) is 10.2 Å². The Hall–Kier alpha value is -5.94. The molecule has 57 heavy (non-hydrogen) atoms. The number of hydrogen-bond donors (Lipinski definition) is 1. The maximum Gasteiger partial charge on any atom is 0.311 e. The number of carbonyl (C=O) groups excluding carboxylic acids is 1. The Labute approximate surface area is 330 Å². The van der Waals surface area contributed by atoms with Gasteiger partial charge in [-0.2, -0.15) is 5.10 Å². The summed E-state index contributed by atoms with van der Waals surface area (Å²) in [5, 5.41) is 14.8. The minimum atomic E-state index is -1.03. The Morgan fingerprint density at radius 3 is 2.05 bits per heavy atom. The van der Waals surface area contributed by atoms with Crippen LogP contribution >= 0.6 is 0 Å². The van der Waals surface area contributed by atoms with E-state index >= 15 is 4.39 Å². The molecule has 10 nitrogen and oxygen atoms in total. The molecule has 1 N–H and O–H groups in total. The molecular weight excluding hydrogens is 718 g/mol. The summed E-state index contributed by atoms with van der Waals surface area (Å²) in [6, 6.07) is 35.8. The zero-order valence-electron chi connectivity index (χ0n) is 32.0. The highest BCUT2D eigenvalue weighted by atomic mass is 19.1. The molecule has 4 heterocycles. The lowest BCUT2D eigenvalue weighted by Crippen LogP contribution is -2.62. The molecule has 0 amide bonds. The fourth-order valence-corrected chi connectivity index (χ4v) is 10.6. The smallest absolute Gasteiger partial charge is 0.311 e. The molecule has 4 aromatic heterocycles. The van der Waals surface area contributed by atoms with Crippen molar-refractivity contribution in [2.75, 3.05) is 19.0 Å². The first-order valence-electron chi connectivity index (χ1n) is 20.0. The fraction of sp³-hybridized carbons (Fsp3) is 0.326. The zero-order valence-corrected chi connectivity index (χ0v) is 32.0. The number of benzene rings is 3. The van der Waals surface area contributed by atoms with E-state index in [1.54, 1.807) is 7.11 Å². The van der Waals surface area contributed by atoms with Crippen molar-refractivity contribution in [3.63, 3.8) is 0 Å². The van der Waals surface area contributed by atoms with Crippen LogP contribution in [0.5, 0.6) is 0 Å². The SMILES string of the molecule is CCOC(=O)[C@@H]1[C@@H](Nc2nc(-c3nn(C(c4ccccc4)(c4ccccc4)c4ccccc4)c4ncc(F)cc34)nn3c(COC)ccc23)[C@@H]2CC[C@H]1C1CCC12. The van der Waals surface area contributed by atoms with E-state index in [1.165, 1.54) is 25.1 Å². The number of fused-ring (bicyclic) bond motifs is 4. The molecule has 4 aliphatic carbocycles. The number of carbonyl (C=O) groups is 1. The van der Waals surface area contributed by atoms with Crippen LogP contribution in [0.15, 0.2) is 115 Å². The average Bonchev–Trinajstić information content (AvgIpc) is 3.81. The van der Waals surface area contributed by atoms with E-state index in [4.69, 9.17) is 29.6 Å². The van der Waals surface area contributed by atoms with Gasteiger partial charge in [0, 0.05) is 13.2 Å². The standard InChI is InChI=1S/C46H44FN7O3/c1-3-57-45(55)39-35-22-23-36(34-21-20-33(34)35)40(39)49-42-38-24-19-32(27-56-2)53(38)52-43(50-42)41-37-25-31(47)26-48-44(37)54(51-41)46(28-13-7-4-8-14-28,29-15-9-5-10-16-29)30-17-11-6-12-18-30/h4-19,24-26,33-36,39-40H,3,20-23,27H2,1-2H3,(H,49,50,52)/t33?,34?,35-,36+,39-,40-/m0/s1. The Morgan fingerprint density at radius 1 is 0.825 bits per heavy atom. The molecule has 4 saturated carbocycles. The molecule has 4 aliphatic rings. The van der Waals surface area contributed by atoms with E-state index in [0.717, 1.165) is 40.7 Å². The number of esters is 1. The number of methoxy groups -OCH3 is 1. The van der Waals surface area contributed by atoms with Gasteiger partial charge in [-0.05, 0) is 91.2 Å². The minimum Gasteiger partial charge on any atom is -0.466 e. The number of ether oxygens (including phenoxy) is 2. The Kier molecular flexibility index (Phi) is 8.85. The molecule has 0 saturated heterocycles. The summed E-state index contributed by atoms with van der Waals surface area (Å²) in [6.45, 7) is 2.51. The predicted octanol–water partition coefficient (Wildman–Crippen LogP) is 8.29. The van der Waals surface area contributed by atoms with Crippen LogP contribution in [0.3, 0.4) is 0 Å². The second-order valence-corrected chi connectivity index (χ2v) is 15.7. The normalized spacial score (nSPS) is 22.6. The topological polar surface area (TPSA) is 108 Å². The molecule has 11 rings (SSSR count). The van der Waals surface area contributed by atoms with Gasteiger partial charge in [-0.15, -0.1) is 5.10 Å². The van der Waals surface area contributed by atoms with Crippen molar-refractivity contribution in [3.8, 4) is 11.5 Å². The number of halogens is 1. The second kappa shape index (κ2) is 14.2. The van der Waals surface area contributed by atoms with Gasteiger partial charge in [0.2, 0.25) is 5.82 Å². The van der Waals surface area contributed by atoms with Crippen LogP contribution in [-0.4, -0.2) is 55.1 Å². The summed E-state index contributed by atoms with van der Waals surface area (Å²) >= 11 is 0. The summed E-state index contributed by atoms with van der Waals surface area (Å²) in [5.41, 5.74) is 4.21. The Balaban J connectivity index is 1.21. The molecule has 4 fully saturated rings. The van der Waals surface area contributed by atoms with Crippen LogP contribution in [0, 0.1) is 35.4 Å². The first-order valence-corrected chi connectivity index (χ1v) is 20.0. The van der Waals surface area contributed by atoms with Gasteiger partial charge in [-0.1, -0.05) is 91.0 Å². The maximum absolute atomic E-state index is 15.5. The highest BCUT2D eigenvalue weighted by Crippen LogP contribution is 2.60. The van der Waals surface area contributed by atoms with Crippen molar-refractivity contribution in [3.05, 3.63) is 144 Å². The highest BCUT2D eigenvalue weighted by Gasteiger charge is 2.59. The molecule has 0 aliphatic heterocycles. The fourth-order valence-electron chi connectivity index (χ4n) is 10.6. The molecule has 2 unspecified atom stereocenters. The van der Waals surface area contributed by atoms with E-state index < -0.39 is 11.4 Å². The summed E-state index contributed by atoms with van der Waals surface area (Å²) in [4.78, 5) is 23.8. The van der Waals surface area contributed by atoms with Crippen molar-refractivity contribution in [1.29, 1.82) is 0 Å². The van der Waals surface area contributed by atoms with Crippen molar-refractivity contribution in [2.24, 2.45) is 29.6 Å². The Morgan fingerprint density at radius 2 is 1.44 bits per heavy atom. The highest BCUT2D eigenvalue weighted by molar-refractivity contribution is 5.90. The van der Waals surface area contributed by atoms with Gasteiger partial charge in [0.25, 0.3) is 0 Å². The van der Waals surface area contributed by atoms with E-state index in [9.17, 15) is 4.79 Å². The van der Waals surface area contributed by atoms with Crippen LogP contribution in [-0.2, 0) is 26.4 Å². The third kappa shape index (κ3) is 5.57. The van der Waals surface area contributed by atoms with E-state index in [2.05, 4.69) is 41.7 Å². The Bertz CT molecular complexity index is 2480. The number of rotatable bonds is 11. The number of hydrogen-bond acceptors (Lipinski definition) is 8. The third-order valence-electron chi connectivity index (χ3n) is 13.0. The van der Waals surface area contributed by atoms with Gasteiger partial charge < -0.3 is 14.8 Å². The summed E-state index contributed by atoms with van der Waals surface area (Å²) < 4.78 is 30.6. The van der Waals surface area contributed by atoms with E-state index in [-0.39, 0.29) is 29.7 Å². The molecule has 6 atom stereocenters. The summed E-state index contributed by atoms with van der Waals surface area (Å²) in [7, 11) is 1.65. The molecular formula is C46H44FN7O3. The number of anilines is 1. The van der Waals surface area contributed by atoms with Crippen LogP contribution in [0.25, 0.3) is 28.1 Å². The van der Waals surface area contributed by atoms with E-state index in [0.29, 0.717) is 53.5 Å². The van der Waals surface area contributed by atoms with Gasteiger partial charge in [0.05, 0.1) is 36.4 Å². The number of nitrogens with zero attached hydrogens (tertiary/aromatic N) is 6. The molecule has 11 heteroatoms. The number of nitrogens with one attached hydrogen (secondary N) is 1. The average molecular weight is 762 g/mol. The number of pyridine rings is 1. The lowest BCUT2D eigenvalue weighted by molar-refractivity contribution is -0.166. The predicted molar refractivity (Wildman–Crippen MR) is 215 cm³/mol. The number of aromatic nitrogens is 6. The third-order valence-corrected chi connectivity index (χ3v) is 13.0. The van der Waals surface area contributed by atoms with Gasteiger partial charge in [0.1, 0.15) is 22.6 Å². The first kappa shape index (κ1) is 35.5. The molecule has 7 aromatic rings. The monoisotopic (exact) mass is 761 g/mol.